The number of hydrogen-bond donors (Lipinski definition) is 1. The van der Waals surface area contributed by atoms with Crippen molar-refractivity contribution in [3.8, 4) is 0 Å². The Balaban J connectivity index is 2.88. The predicted molar refractivity (Wildman–Crippen MR) is 58.1 cm³/mol. The number of carbonyl (C=O) groups excluding carboxylic acids is 1. The summed E-state index contributed by atoms with van der Waals surface area (Å²) in [6.45, 7) is 2.41. The third kappa shape index (κ3) is 2.22. The highest BCUT2D eigenvalue weighted by atomic mass is 79.9. The average molecular weight is 260 g/mol. The summed E-state index contributed by atoms with van der Waals surface area (Å²) in [6.07, 6.45) is 2.33. The molecule has 0 aromatic carbocycles. The lowest BCUT2D eigenvalue weighted by atomic mass is 10.0. The molecule has 0 aliphatic rings. The third-order valence-electron chi connectivity index (χ3n) is 2.17. The van der Waals surface area contributed by atoms with E-state index < -0.39 is 0 Å². The minimum atomic E-state index is -0.0494. The fourth-order valence-corrected chi connectivity index (χ4v) is 1.85. The number of ketones is 1. The first kappa shape index (κ1) is 11.4. The second kappa shape index (κ2) is 4.70. The van der Waals surface area contributed by atoms with Crippen LogP contribution in [0.4, 0.5) is 0 Å². The van der Waals surface area contributed by atoms with Crippen LogP contribution in [0.5, 0.6) is 0 Å². The van der Waals surface area contributed by atoms with Gasteiger partial charge in [0.2, 0.25) is 0 Å². The number of aryl methyl sites for hydroxylation is 1. The number of halogens is 1. The van der Waals surface area contributed by atoms with Gasteiger partial charge in [-0.05, 0) is 28.9 Å². The molecule has 4 nitrogen and oxygen atoms in total. The molecule has 2 N–H and O–H groups in total. The molecule has 0 amide bonds. The van der Waals surface area contributed by atoms with Gasteiger partial charge in [-0.3, -0.25) is 9.48 Å². The molecule has 1 heterocycles. The molecule has 0 fully saturated rings. The highest BCUT2D eigenvalue weighted by Crippen LogP contribution is 2.19. The molecule has 0 saturated carbocycles. The molecule has 1 atom stereocenters. The predicted octanol–water partition coefficient (Wildman–Crippen LogP) is 1.35. The molecule has 0 aliphatic carbocycles. The molecular weight excluding hydrogens is 246 g/mol. The summed E-state index contributed by atoms with van der Waals surface area (Å²) >= 11 is 3.30. The number of nitrogens with zero attached hydrogens (tertiary/aromatic N) is 2. The standard InChI is InChI=1S/C9H14BrN3O/c1-6(3-4-11)9(14)8-7(10)5-12-13(8)2/h5-6H,3-4,11H2,1-2H3. The minimum Gasteiger partial charge on any atom is -0.330 e. The lowest BCUT2D eigenvalue weighted by Crippen LogP contribution is -2.18. The minimum absolute atomic E-state index is 0.0494. The molecule has 0 bridgehead atoms. The van der Waals surface area contributed by atoms with Crippen LogP contribution in [0.25, 0.3) is 0 Å². The van der Waals surface area contributed by atoms with Crippen LogP contribution in [0.1, 0.15) is 23.8 Å². The third-order valence-corrected chi connectivity index (χ3v) is 2.76. The molecule has 1 aromatic heterocycles. The first-order valence-electron chi connectivity index (χ1n) is 4.49. The number of nitrogens with two attached hydrogens (primary N) is 1. The summed E-state index contributed by atoms with van der Waals surface area (Å²) in [6, 6.07) is 0. The van der Waals surface area contributed by atoms with Crippen molar-refractivity contribution < 1.29 is 4.79 Å². The molecule has 14 heavy (non-hydrogen) atoms. The van der Waals surface area contributed by atoms with E-state index in [4.69, 9.17) is 5.73 Å². The van der Waals surface area contributed by atoms with Crippen LogP contribution in [0.2, 0.25) is 0 Å². The van der Waals surface area contributed by atoms with Crippen molar-refractivity contribution >= 4 is 21.7 Å². The van der Waals surface area contributed by atoms with Gasteiger partial charge in [0.15, 0.2) is 5.78 Å². The molecule has 1 unspecified atom stereocenters. The van der Waals surface area contributed by atoms with E-state index in [0.29, 0.717) is 18.7 Å². The summed E-state index contributed by atoms with van der Waals surface area (Å²) in [5.41, 5.74) is 6.03. The normalized spacial score (nSPS) is 12.9. The van der Waals surface area contributed by atoms with E-state index in [1.165, 1.54) is 0 Å². The van der Waals surface area contributed by atoms with Gasteiger partial charge in [-0.15, -0.1) is 0 Å². The van der Waals surface area contributed by atoms with E-state index in [1.807, 2.05) is 6.92 Å². The van der Waals surface area contributed by atoms with Crippen molar-refractivity contribution in [2.75, 3.05) is 6.54 Å². The average Bonchev–Trinajstić information content (AvgIpc) is 2.46. The van der Waals surface area contributed by atoms with Crippen LogP contribution < -0.4 is 5.73 Å². The smallest absolute Gasteiger partial charge is 0.184 e. The van der Waals surface area contributed by atoms with Gasteiger partial charge >= 0.3 is 0 Å². The lowest BCUT2D eigenvalue weighted by Gasteiger charge is -2.09. The molecule has 0 spiro atoms. The summed E-state index contributed by atoms with van der Waals surface area (Å²) < 4.78 is 2.33. The molecule has 0 radical (unpaired) electrons. The van der Waals surface area contributed by atoms with Crippen molar-refractivity contribution in [1.29, 1.82) is 0 Å². The monoisotopic (exact) mass is 259 g/mol. The molecule has 78 valence electrons. The number of rotatable bonds is 4. The quantitative estimate of drug-likeness (QED) is 0.831. The van der Waals surface area contributed by atoms with Crippen LogP contribution in [0, 0.1) is 5.92 Å². The van der Waals surface area contributed by atoms with Gasteiger partial charge in [0.05, 0.1) is 10.7 Å². The van der Waals surface area contributed by atoms with Crippen LogP contribution in [-0.4, -0.2) is 22.1 Å². The van der Waals surface area contributed by atoms with Crippen molar-refractivity contribution in [3.05, 3.63) is 16.4 Å². The van der Waals surface area contributed by atoms with Crippen LogP contribution >= 0.6 is 15.9 Å². The van der Waals surface area contributed by atoms with Crippen molar-refractivity contribution in [2.45, 2.75) is 13.3 Å². The van der Waals surface area contributed by atoms with Gasteiger partial charge < -0.3 is 5.73 Å². The Hall–Kier alpha value is -0.680. The molecule has 0 saturated heterocycles. The summed E-state index contributed by atoms with van der Waals surface area (Å²) in [7, 11) is 1.76. The number of aromatic nitrogens is 2. The highest BCUT2D eigenvalue weighted by Gasteiger charge is 2.20. The van der Waals surface area contributed by atoms with E-state index in [2.05, 4.69) is 21.0 Å². The van der Waals surface area contributed by atoms with Crippen LogP contribution in [-0.2, 0) is 7.05 Å². The number of Topliss-reactive ketones (excluding diaryl/α,β-unsaturated/α-hetero) is 1. The zero-order valence-corrected chi connectivity index (χ0v) is 9.91. The maximum Gasteiger partial charge on any atom is 0.184 e. The highest BCUT2D eigenvalue weighted by molar-refractivity contribution is 9.10. The zero-order chi connectivity index (χ0) is 10.7. The SMILES string of the molecule is CC(CCN)C(=O)c1c(Br)cnn1C. The number of carbonyl (C=O) groups is 1. The Morgan fingerprint density at radius 1 is 1.79 bits per heavy atom. The van der Waals surface area contributed by atoms with Gasteiger partial charge in [0.1, 0.15) is 5.69 Å². The molecule has 0 aliphatic heterocycles. The van der Waals surface area contributed by atoms with Crippen molar-refractivity contribution in [3.63, 3.8) is 0 Å². The Morgan fingerprint density at radius 3 is 2.86 bits per heavy atom. The molecule has 5 heteroatoms. The van der Waals surface area contributed by atoms with Crippen molar-refractivity contribution in [2.24, 2.45) is 18.7 Å². The first-order chi connectivity index (χ1) is 6.57. The second-order valence-corrected chi connectivity index (χ2v) is 4.16. The van der Waals surface area contributed by atoms with Gasteiger partial charge in [0, 0.05) is 13.0 Å². The Morgan fingerprint density at radius 2 is 2.43 bits per heavy atom. The Kier molecular flexibility index (Phi) is 3.83. The Labute approximate surface area is 91.6 Å². The van der Waals surface area contributed by atoms with Gasteiger partial charge in [-0.25, -0.2) is 0 Å². The van der Waals surface area contributed by atoms with Gasteiger partial charge in [0.25, 0.3) is 0 Å². The van der Waals surface area contributed by atoms with E-state index >= 15 is 0 Å². The first-order valence-corrected chi connectivity index (χ1v) is 5.29. The van der Waals surface area contributed by atoms with E-state index in [1.54, 1.807) is 17.9 Å². The molecule has 1 rings (SSSR count). The lowest BCUT2D eigenvalue weighted by molar-refractivity contribution is 0.0915. The summed E-state index contributed by atoms with van der Waals surface area (Å²) in [5, 5.41) is 4.00. The van der Waals surface area contributed by atoms with Crippen LogP contribution in [0.15, 0.2) is 10.7 Å². The van der Waals surface area contributed by atoms with E-state index in [-0.39, 0.29) is 11.7 Å². The van der Waals surface area contributed by atoms with Crippen molar-refractivity contribution in [1.82, 2.24) is 9.78 Å². The molecular formula is C9H14BrN3O. The van der Waals surface area contributed by atoms with Gasteiger partial charge in [-0.2, -0.15) is 5.10 Å². The maximum atomic E-state index is 11.9. The zero-order valence-electron chi connectivity index (χ0n) is 8.33. The summed E-state index contributed by atoms with van der Waals surface area (Å²) in [4.78, 5) is 11.9. The fourth-order valence-electron chi connectivity index (χ4n) is 1.30. The number of hydrogen-bond acceptors (Lipinski definition) is 3. The van der Waals surface area contributed by atoms with Gasteiger partial charge in [-0.1, -0.05) is 6.92 Å². The fraction of sp³-hybridized carbons (Fsp3) is 0.556. The Bertz CT molecular complexity index is 315. The molecule has 1 aromatic rings. The van der Waals surface area contributed by atoms with E-state index in [9.17, 15) is 4.79 Å². The maximum absolute atomic E-state index is 11.9. The largest absolute Gasteiger partial charge is 0.330 e. The van der Waals surface area contributed by atoms with E-state index in [0.717, 1.165) is 4.47 Å². The second-order valence-electron chi connectivity index (χ2n) is 3.31. The summed E-state index contributed by atoms with van der Waals surface area (Å²) in [5.74, 6) is 0.0361. The topological polar surface area (TPSA) is 60.9 Å². The van der Waals surface area contributed by atoms with Crippen LogP contribution in [0.3, 0.4) is 0 Å².